The molecule has 0 aliphatic carbocycles. The number of aliphatic hydroxyl groups is 6. The van der Waals surface area contributed by atoms with Crippen LogP contribution in [0.3, 0.4) is 0 Å². The van der Waals surface area contributed by atoms with Gasteiger partial charge in [0.1, 0.15) is 36.3 Å². The Labute approximate surface area is 481 Å². The number of unbranched alkanes of at least 4 members (excludes halogenated alkanes) is 5. The van der Waals surface area contributed by atoms with Crippen molar-refractivity contribution in [3.8, 4) is 0 Å². The van der Waals surface area contributed by atoms with Crippen LogP contribution in [0.5, 0.6) is 0 Å². The van der Waals surface area contributed by atoms with Gasteiger partial charge in [-0.1, -0.05) is 90.0 Å². The quantitative estimate of drug-likeness (QED) is 0.0306. The molecule has 1 aromatic rings. The fourth-order valence-corrected chi connectivity index (χ4v) is 10.8. The number of hydrogen-bond donors (Lipinski definition) is 15. The third-order valence-corrected chi connectivity index (χ3v) is 15.7. The lowest BCUT2D eigenvalue weighted by atomic mass is 9.80. The van der Waals surface area contributed by atoms with E-state index in [4.69, 9.17) is 5.73 Å². The number of nitrogens with zero attached hydrogens (tertiary/aromatic N) is 3. The highest BCUT2D eigenvalue weighted by Gasteiger charge is 2.48. The molecule has 0 spiro atoms. The van der Waals surface area contributed by atoms with Crippen LogP contribution < -0.4 is 43.1 Å². The number of carbonyl (C=O) groups is 8. The summed E-state index contributed by atoms with van der Waals surface area (Å²) in [4.78, 5) is 117. The third-order valence-electron chi connectivity index (χ3n) is 15.7. The van der Waals surface area contributed by atoms with Crippen molar-refractivity contribution in [2.24, 2.45) is 17.6 Å². The highest BCUT2D eigenvalue weighted by atomic mass is 16.4. The van der Waals surface area contributed by atoms with E-state index >= 15 is 0 Å². The maximum absolute atomic E-state index is 14.7. The van der Waals surface area contributed by atoms with Gasteiger partial charge in [-0.05, 0) is 63.1 Å². The molecule has 1 aromatic carbocycles. The molecule has 4 rings (SSSR count). The number of likely N-dealkylation sites (N-methyl/N-ethyl adjacent to an activating group) is 1. The molecule has 8 amide bonds. The average molecular weight is 1160 g/mol. The first-order chi connectivity index (χ1) is 38.7. The minimum absolute atomic E-state index is 0.0228. The van der Waals surface area contributed by atoms with E-state index in [1.807, 2.05) is 19.0 Å². The Morgan fingerprint density at radius 2 is 1.38 bits per heavy atom. The van der Waals surface area contributed by atoms with Gasteiger partial charge in [-0.25, -0.2) is 0 Å². The highest BCUT2D eigenvalue weighted by Crippen LogP contribution is 2.25. The summed E-state index contributed by atoms with van der Waals surface area (Å²) in [5, 5.41) is 104. The van der Waals surface area contributed by atoms with Gasteiger partial charge in [0.25, 0.3) is 0 Å². The van der Waals surface area contributed by atoms with Crippen LogP contribution in [0.25, 0.3) is 0 Å². The first-order valence-electron chi connectivity index (χ1n) is 29.0. The van der Waals surface area contributed by atoms with Crippen LogP contribution in [-0.4, -0.2) is 235 Å². The van der Waals surface area contributed by atoms with E-state index in [2.05, 4.69) is 52.7 Å². The van der Waals surface area contributed by atoms with Gasteiger partial charge in [0.05, 0.1) is 49.1 Å². The molecule has 3 heterocycles. The van der Waals surface area contributed by atoms with Crippen LogP contribution in [0.1, 0.15) is 123 Å². The van der Waals surface area contributed by atoms with E-state index < -0.39 is 166 Å². The Morgan fingerprint density at radius 1 is 0.756 bits per heavy atom. The molecular weight excluding hydrogens is 1070 g/mol. The smallest absolute Gasteiger partial charge is 0.423 e. The standard InChI is InChI=1S/C55H93BN10O16/c1-7-31(2)24-32(3)14-12-10-8-9-11-13-15-45(74)59-37-27-41(70)38(29-58-21-23-64(5)6)60-53(78)49-40(69)20-22-65(49)55(80)48(43(72)28-44(57)73)63-52(77)47(42(71)25-34-16-18-35(19-17-34)56(81)82)62-51(76)39-26-36(68)30-66(39)54(79)46(33(4)67)61-50(37)75/h16-19,31-33,36-43,46-49,58,67-72,81-82H,7-15,20-30H2,1-6H3,(H2,57,73)(H,59,74)(H,60,78)(H,61,75)(H,62,76)(H,63,77)/t31-,32+,33+,36+,37-,38+,39-,40-,41+,42+,43+,46-,47-,48-,49-/m0/s1. The van der Waals surface area contributed by atoms with Crippen molar-refractivity contribution in [1.82, 2.24) is 46.6 Å². The van der Waals surface area contributed by atoms with Crippen LogP contribution in [0.2, 0.25) is 0 Å². The number of aliphatic hydroxyl groups excluding tert-OH is 6. The minimum atomic E-state index is -2.15. The molecule has 462 valence electrons. The first kappa shape index (κ1) is 69.1. The Kier molecular flexibility index (Phi) is 28.5. The van der Waals surface area contributed by atoms with Crippen molar-refractivity contribution in [3.63, 3.8) is 0 Å². The van der Waals surface area contributed by atoms with Crippen LogP contribution in [0, 0.1) is 11.8 Å². The lowest BCUT2D eigenvalue weighted by Crippen LogP contribution is -2.64. The van der Waals surface area contributed by atoms with Gasteiger partial charge >= 0.3 is 7.12 Å². The molecule has 3 fully saturated rings. The van der Waals surface area contributed by atoms with Gasteiger partial charge in [0, 0.05) is 58.4 Å². The molecule has 0 aromatic heterocycles. The van der Waals surface area contributed by atoms with Crippen molar-refractivity contribution in [2.75, 3.05) is 46.8 Å². The fourth-order valence-electron chi connectivity index (χ4n) is 10.8. The zero-order valence-corrected chi connectivity index (χ0v) is 48.5. The summed E-state index contributed by atoms with van der Waals surface area (Å²) < 4.78 is 0. The van der Waals surface area contributed by atoms with Crippen LogP contribution in [-0.2, 0) is 44.8 Å². The molecule has 3 saturated heterocycles. The monoisotopic (exact) mass is 1160 g/mol. The predicted molar refractivity (Wildman–Crippen MR) is 302 cm³/mol. The molecule has 16 N–H and O–H groups in total. The zero-order valence-electron chi connectivity index (χ0n) is 48.5. The molecule has 0 saturated carbocycles. The van der Waals surface area contributed by atoms with Gasteiger partial charge in [-0.2, -0.15) is 0 Å². The molecule has 26 nitrogen and oxygen atoms in total. The summed E-state index contributed by atoms with van der Waals surface area (Å²) in [6.07, 6.45) is -4.43. The molecule has 15 atom stereocenters. The van der Waals surface area contributed by atoms with Gasteiger partial charge in [-0.15, -0.1) is 0 Å². The molecule has 0 unspecified atom stereocenters. The number of carbonyl (C=O) groups excluding carboxylic acids is 8. The van der Waals surface area contributed by atoms with E-state index in [-0.39, 0.29) is 37.0 Å². The number of primary amides is 1. The number of fused-ring (bicyclic) bond motifs is 2. The minimum Gasteiger partial charge on any atom is -0.423 e. The summed E-state index contributed by atoms with van der Waals surface area (Å²) in [5.41, 5.74) is 5.79. The molecule has 82 heavy (non-hydrogen) atoms. The number of amides is 8. The number of nitrogens with two attached hydrogens (primary N) is 1. The number of nitrogens with one attached hydrogen (secondary N) is 6. The van der Waals surface area contributed by atoms with Crippen molar-refractivity contribution < 1.29 is 79.0 Å². The van der Waals surface area contributed by atoms with Crippen LogP contribution >= 0.6 is 0 Å². The van der Waals surface area contributed by atoms with Crippen LogP contribution in [0.4, 0.5) is 0 Å². The van der Waals surface area contributed by atoms with Crippen molar-refractivity contribution in [1.29, 1.82) is 0 Å². The molecule has 0 bridgehead atoms. The topological polar surface area (TPSA) is 406 Å². The number of hydrogen-bond acceptors (Lipinski definition) is 18. The van der Waals surface area contributed by atoms with E-state index in [9.17, 15) is 79.0 Å². The van der Waals surface area contributed by atoms with Gasteiger partial charge in [0.15, 0.2) is 0 Å². The molecule has 27 heteroatoms. The Bertz CT molecular complexity index is 2250. The van der Waals surface area contributed by atoms with Crippen molar-refractivity contribution in [2.45, 2.75) is 203 Å². The Balaban J connectivity index is 1.76. The van der Waals surface area contributed by atoms with Gasteiger partial charge in [-0.3, -0.25) is 38.4 Å². The van der Waals surface area contributed by atoms with Gasteiger partial charge < -0.3 is 93.0 Å². The zero-order chi connectivity index (χ0) is 61.0. The highest BCUT2D eigenvalue weighted by molar-refractivity contribution is 6.58. The van der Waals surface area contributed by atoms with Crippen molar-refractivity contribution in [3.05, 3.63) is 29.8 Å². The Morgan fingerprint density at radius 3 is 2.00 bits per heavy atom. The maximum Gasteiger partial charge on any atom is 0.488 e. The summed E-state index contributed by atoms with van der Waals surface area (Å²) >= 11 is 0. The van der Waals surface area contributed by atoms with E-state index in [0.29, 0.717) is 37.8 Å². The van der Waals surface area contributed by atoms with Crippen molar-refractivity contribution >= 4 is 59.8 Å². The number of rotatable bonds is 26. The summed E-state index contributed by atoms with van der Waals surface area (Å²) in [7, 11) is 1.77. The maximum atomic E-state index is 14.7. The normalized spacial score (nSPS) is 27.2. The molecule has 3 aliphatic rings. The Hall–Kier alpha value is -5.36. The molecule has 0 radical (unpaired) electrons. The molecular formula is C55H93BN10O16. The average Bonchev–Trinajstić information content (AvgIpc) is 4.01. The summed E-state index contributed by atoms with van der Waals surface area (Å²) in [6, 6.07) is -7.10. The second-order valence-corrected chi connectivity index (χ2v) is 23.1. The van der Waals surface area contributed by atoms with E-state index in [1.165, 1.54) is 37.6 Å². The second kappa shape index (κ2) is 33.8. The summed E-state index contributed by atoms with van der Waals surface area (Å²) in [5.74, 6) is -7.31. The predicted octanol–water partition coefficient (Wildman–Crippen LogP) is -4.66. The van der Waals surface area contributed by atoms with E-state index in [1.54, 1.807) is 0 Å². The fraction of sp³-hybridized carbons (Fsp3) is 0.745. The van der Waals surface area contributed by atoms with Gasteiger partial charge in [0.2, 0.25) is 47.3 Å². The summed E-state index contributed by atoms with van der Waals surface area (Å²) in [6.45, 7) is 7.65. The second-order valence-electron chi connectivity index (χ2n) is 23.1. The number of benzene rings is 1. The van der Waals surface area contributed by atoms with Crippen LogP contribution in [0.15, 0.2) is 24.3 Å². The lowest BCUT2D eigenvalue weighted by molar-refractivity contribution is -0.148. The largest absolute Gasteiger partial charge is 0.488 e. The lowest BCUT2D eigenvalue weighted by Gasteiger charge is -2.34. The SMILES string of the molecule is CC[C@H](C)C[C@H](C)CCCCCCCCC(=O)N[C@H]1C[C@@H](O)[C@@H](CNCCN(C)C)NC(=O)[C@@H]2[C@@H](O)CCN2C(=O)[C@H]([C@H](O)CC(N)=O)NC(=O)[C@H]([C@H](O)Cc2ccc(B(O)O)cc2)NC(=O)[C@@H]2C[C@@H](O)CN2C(=O)[C@H]([C@@H](C)O)NC1=O. The molecule has 3 aliphatic heterocycles. The third kappa shape index (κ3) is 21.4. The van der Waals surface area contributed by atoms with E-state index in [0.717, 1.165) is 48.3 Å². The first-order valence-corrected chi connectivity index (χ1v) is 29.0.